The molecule has 136 valence electrons. The standard InChI is InChI=1S/C21H24FN3O/c1-3-16(4-2)21(26)23-13-20-24-18-7-5-6-8-19(18)25(20)14-15-9-11-17(22)12-10-15/h5-12,16H,3-4,13-14H2,1-2H3,(H,23,26). The zero-order valence-corrected chi connectivity index (χ0v) is 15.2. The summed E-state index contributed by atoms with van der Waals surface area (Å²) in [6, 6.07) is 14.4. The number of halogens is 1. The van der Waals surface area contributed by atoms with Gasteiger partial charge in [0.15, 0.2) is 0 Å². The van der Waals surface area contributed by atoms with E-state index in [0.717, 1.165) is 35.3 Å². The van der Waals surface area contributed by atoms with Crippen molar-refractivity contribution in [2.24, 2.45) is 5.92 Å². The summed E-state index contributed by atoms with van der Waals surface area (Å²) >= 11 is 0. The Hall–Kier alpha value is -2.69. The molecule has 3 rings (SSSR count). The summed E-state index contributed by atoms with van der Waals surface area (Å²) in [5, 5.41) is 3.01. The second-order valence-electron chi connectivity index (χ2n) is 6.46. The summed E-state index contributed by atoms with van der Waals surface area (Å²) in [4.78, 5) is 17.0. The molecule has 0 unspecified atom stereocenters. The van der Waals surface area contributed by atoms with Crippen LogP contribution in [-0.2, 0) is 17.9 Å². The quantitative estimate of drug-likeness (QED) is 0.689. The van der Waals surface area contributed by atoms with E-state index in [9.17, 15) is 9.18 Å². The predicted molar refractivity (Wildman–Crippen MR) is 101 cm³/mol. The summed E-state index contributed by atoms with van der Waals surface area (Å²) in [6.45, 7) is 5.01. The topological polar surface area (TPSA) is 46.9 Å². The third-order valence-electron chi connectivity index (χ3n) is 4.76. The van der Waals surface area contributed by atoms with E-state index in [4.69, 9.17) is 0 Å². The molecule has 0 fully saturated rings. The van der Waals surface area contributed by atoms with Gasteiger partial charge in [-0.1, -0.05) is 38.1 Å². The number of hydrogen-bond donors (Lipinski definition) is 1. The van der Waals surface area contributed by atoms with E-state index in [2.05, 4.69) is 14.9 Å². The van der Waals surface area contributed by atoms with Crippen LogP contribution in [0.5, 0.6) is 0 Å². The van der Waals surface area contributed by atoms with Gasteiger partial charge in [-0.3, -0.25) is 4.79 Å². The minimum Gasteiger partial charge on any atom is -0.349 e. The molecule has 1 heterocycles. The normalized spacial score (nSPS) is 11.2. The van der Waals surface area contributed by atoms with Gasteiger partial charge in [-0.25, -0.2) is 9.37 Å². The van der Waals surface area contributed by atoms with Crippen LogP contribution >= 0.6 is 0 Å². The molecule has 4 nitrogen and oxygen atoms in total. The molecule has 3 aromatic rings. The van der Waals surface area contributed by atoms with Crippen molar-refractivity contribution in [2.75, 3.05) is 0 Å². The number of aromatic nitrogens is 2. The minimum absolute atomic E-state index is 0.0323. The van der Waals surface area contributed by atoms with Crippen LogP contribution in [0.25, 0.3) is 11.0 Å². The largest absolute Gasteiger partial charge is 0.349 e. The number of carbonyl (C=O) groups excluding carboxylic acids is 1. The molecular formula is C21H24FN3O. The van der Waals surface area contributed by atoms with E-state index in [0.29, 0.717) is 13.1 Å². The molecule has 5 heteroatoms. The number of fused-ring (bicyclic) bond motifs is 1. The van der Waals surface area contributed by atoms with Gasteiger partial charge >= 0.3 is 0 Å². The molecule has 0 saturated heterocycles. The first-order valence-corrected chi connectivity index (χ1v) is 9.08. The van der Waals surface area contributed by atoms with Crippen molar-refractivity contribution in [3.8, 4) is 0 Å². The minimum atomic E-state index is -0.248. The van der Waals surface area contributed by atoms with Crippen LogP contribution in [-0.4, -0.2) is 15.5 Å². The first-order chi connectivity index (χ1) is 12.6. The van der Waals surface area contributed by atoms with Crippen molar-refractivity contribution in [3.63, 3.8) is 0 Å². The van der Waals surface area contributed by atoms with Gasteiger partial charge in [-0.15, -0.1) is 0 Å². The fourth-order valence-corrected chi connectivity index (χ4v) is 3.18. The number of para-hydroxylation sites is 2. The first kappa shape index (κ1) is 18.1. The lowest BCUT2D eigenvalue weighted by atomic mass is 10.0. The Morgan fingerprint density at radius 2 is 1.81 bits per heavy atom. The number of amides is 1. The zero-order valence-electron chi connectivity index (χ0n) is 15.2. The Morgan fingerprint density at radius 3 is 2.50 bits per heavy atom. The molecule has 0 bridgehead atoms. The van der Waals surface area contributed by atoms with Crippen LogP contribution in [0, 0.1) is 11.7 Å². The molecule has 0 aliphatic rings. The van der Waals surface area contributed by atoms with Gasteiger partial charge in [0.25, 0.3) is 0 Å². The fourth-order valence-electron chi connectivity index (χ4n) is 3.18. The van der Waals surface area contributed by atoms with Crippen molar-refractivity contribution in [3.05, 3.63) is 65.7 Å². The average Bonchev–Trinajstić information content (AvgIpc) is 3.00. The van der Waals surface area contributed by atoms with Crippen LogP contribution in [0.15, 0.2) is 48.5 Å². The highest BCUT2D eigenvalue weighted by atomic mass is 19.1. The van der Waals surface area contributed by atoms with Crippen LogP contribution in [0.2, 0.25) is 0 Å². The third-order valence-corrected chi connectivity index (χ3v) is 4.76. The first-order valence-electron chi connectivity index (χ1n) is 9.08. The fraction of sp³-hybridized carbons (Fsp3) is 0.333. The smallest absolute Gasteiger partial charge is 0.223 e. The van der Waals surface area contributed by atoms with Crippen molar-refractivity contribution in [1.82, 2.24) is 14.9 Å². The van der Waals surface area contributed by atoms with Crippen LogP contribution in [0.1, 0.15) is 38.1 Å². The van der Waals surface area contributed by atoms with Crippen molar-refractivity contribution < 1.29 is 9.18 Å². The van der Waals surface area contributed by atoms with Gasteiger partial charge in [0, 0.05) is 12.5 Å². The van der Waals surface area contributed by atoms with Gasteiger partial charge in [0.1, 0.15) is 11.6 Å². The molecular weight excluding hydrogens is 329 g/mol. The molecule has 0 aliphatic heterocycles. The van der Waals surface area contributed by atoms with Crippen molar-refractivity contribution in [1.29, 1.82) is 0 Å². The van der Waals surface area contributed by atoms with Crippen molar-refractivity contribution >= 4 is 16.9 Å². The molecule has 1 amide bonds. The molecule has 2 aromatic carbocycles. The van der Waals surface area contributed by atoms with Crippen LogP contribution in [0.4, 0.5) is 4.39 Å². The number of imidazole rings is 1. The SMILES string of the molecule is CCC(CC)C(=O)NCc1nc2ccccc2n1Cc1ccc(F)cc1. The maximum atomic E-state index is 13.2. The van der Waals surface area contributed by atoms with E-state index in [-0.39, 0.29) is 17.6 Å². The van der Waals surface area contributed by atoms with E-state index >= 15 is 0 Å². The highest BCUT2D eigenvalue weighted by Gasteiger charge is 2.16. The maximum Gasteiger partial charge on any atom is 0.223 e. The van der Waals surface area contributed by atoms with Gasteiger partial charge in [0.2, 0.25) is 5.91 Å². The van der Waals surface area contributed by atoms with E-state index < -0.39 is 0 Å². The number of hydrogen-bond acceptors (Lipinski definition) is 2. The molecule has 0 atom stereocenters. The third kappa shape index (κ3) is 3.93. The molecule has 0 spiro atoms. The summed E-state index contributed by atoms with van der Waals surface area (Å²) in [6.07, 6.45) is 1.66. The summed E-state index contributed by atoms with van der Waals surface area (Å²) < 4.78 is 15.3. The van der Waals surface area contributed by atoms with Gasteiger partial charge < -0.3 is 9.88 Å². The van der Waals surface area contributed by atoms with E-state index in [1.54, 1.807) is 12.1 Å². The second-order valence-corrected chi connectivity index (χ2v) is 6.46. The van der Waals surface area contributed by atoms with E-state index in [1.807, 2.05) is 38.1 Å². The molecule has 1 aromatic heterocycles. The van der Waals surface area contributed by atoms with E-state index in [1.165, 1.54) is 12.1 Å². The lowest BCUT2D eigenvalue weighted by Gasteiger charge is -2.14. The second kappa shape index (κ2) is 8.13. The Morgan fingerprint density at radius 1 is 1.12 bits per heavy atom. The lowest BCUT2D eigenvalue weighted by molar-refractivity contribution is -0.125. The highest BCUT2D eigenvalue weighted by Crippen LogP contribution is 2.18. The Kier molecular flexibility index (Phi) is 5.66. The number of benzene rings is 2. The Balaban J connectivity index is 1.87. The number of rotatable bonds is 7. The monoisotopic (exact) mass is 353 g/mol. The van der Waals surface area contributed by atoms with Crippen LogP contribution in [0.3, 0.4) is 0 Å². The molecule has 0 saturated carbocycles. The zero-order chi connectivity index (χ0) is 18.5. The summed E-state index contributed by atoms with van der Waals surface area (Å²) in [5.74, 6) is 0.650. The predicted octanol–water partition coefficient (Wildman–Crippen LogP) is 4.28. The van der Waals surface area contributed by atoms with Crippen molar-refractivity contribution in [2.45, 2.75) is 39.8 Å². The van der Waals surface area contributed by atoms with Gasteiger partial charge in [-0.2, -0.15) is 0 Å². The molecule has 26 heavy (non-hydrogen) atoms. The summed E-state index contributed by atoms with van der Waals surface area (Å²) in [5.41, 5.74) is 2.88. The highest BCUT2D eigenvalue weighted by molar-refractivity contribution is 5.79. The summed E-state index contributed by atoms with van der Waals surface area (Å²) in [7, 11) is 0. The van der Waals surface area contributed by atoms with Crippen LogP contribution < -0.4 is 5.32 Å². The maximum absolute atomic E-state index is 13.2. The van der Waals surface area contributed by atoms with Gasteiger partial charge in [0.05, 0.1) is 17.6 Å². The Labute approximate surface area is 153 Å². The molecule has 0 radical (unpaired) electrons. The number of nitrogens with one attached hydrogen (secondary N) is 1. The molecule has 0 aliphatic carbocycles. The number of carbonyl (C=O) groups is 1. The molecule has 1 N–H and O–H groups in total. The lowest BCUT2D eigenvalue weighted by Crippen LogP contribution is -2.30. The Bertz CT molecular complexity index is 882. The average molecular weight is 353 g/mol. The number of nitrogens with zero attached hydrogens (tertiary/aromatic N) is 2. The van der Waals surface area contributed by atoms with Gasteiger partial charge in [-0.05, 0) is 42.7 Å².